The van der Waals surface area contributed by atoms with Crippen LogP contribution in [0.15, 0.2) is 36.5 Å². The van der Waals surface area contributed by atoms with Gasteiger partial charge in [-0.1, -0.05) is 371 Å². The molecule has 0 aromatic heterocycles. The van der Waals surface area contributed by atoms with Crippen LogP contribution in [0.3, 0.4) is 0 Å². The van der Waals surface area contributed by atoms with Gasteiger partial charge in [-0.3, -0.25) is 9.59 Å². The van der Waals surface area contributed by atoms with E-state index in [1.807, 2.05) is 6.08 Å². The Hall–Kier alpha value is -1.92. The second-order valence-electron chi connectivity index (χ2n) is 25.6. The number of rotatable bonds is 70. The zero-order valence-corrected chi connectivity index (χ0v) is 55.5. The quantitative estimate of drug-likeness (QED) is 0.0320. The molecule has 0 heterocycles. The van der Waals surface area contributed by atoms with Gasteiger partial charge >= 0.3 is 5.97 Å². The van der Waals surface area contributed by atoms with Gasteiger partial charge < -0.3 is 20.3 Å². The maximum Gasteiger partial charge on any atom is 0.305 e. The summed E-state index contributed by atoms with van der Waals surface area (Å²) in [5.74, 6) is -0.0542. The van der Waals surface area contributed by atoms with Crippen LogP contribution in [-0.2, 0) is 14.3 Å². The molecule has 3 N–H and O–H groups in total. The average molecular weight is 1150 g/mol. The predicted octanol–water partition coefficient (Wildman–Crippen LogP) is 24.3. The first-order valence-corrected chi connectivity index (χ1v) is 37.3. The van der Waals surface area contributed by atoms with Gasteiger partial charge in [-0.05, 0) is 64.2 Å². The van der Waals surface area contributed by atoms with Crippen molar-refractivity contribution in [3.05, 3.63) is 36.5 Å². The summed E-state index contributed by atoms with van der Waals surface area (Å²) in [6.07, 6.45) is 92.3. The summed E-state index contributed by atoms with van der Waals surface area (Å²) in [5, 5.41) is 23.3. The van der Waals surface area contributed by atoms with E-state index in [4.69, 9.17) is 4.74 Å². The second-order valence-corrected chi connectivity index (χ2v) is 25.6. The van der Waals surface area contributed by atoms with Gasteiger partial charge in [0.1, 0.15) is 0 Å². The van der Waals surface area contributed by atoms with Crippen molar-refractivity contribution < 1.29 is 24.5 Å². The summed E-state index contributed by atoms with van der Waals surface area (Å²) < 4.78 is 5.50. The summed E-state index contributed by atoms with van der Waals surface area (Å²) in [7, 11) is 0. The highest BCUT2D eigenvalue weighted by Gasteiger charge is 2.18. The molecule has 0 fully saturated rings. The molecule has 0 aromatic carbocycles. The fraction of sp³-hybridized carbons (Fsp3) is 0.895. The van der Waals surface area contributed by atoms with Crippen LogP contribution < -0.4 is 5.32 Å². The van der Waals surface area contributed by atoms with Crippen LogP contribution in [0.25, 0.3) is 0 Å². The van der Waals surface area contributed by atoms with Crippen LogP contribution in [0.4, 0.5) is 0 Å². The number of ether oxygens (including phenoxy) is 1. The molecule has 6 nitrogen and oxygen atoms in total. The van der Waals surface area contributed by atoms with E-state index >= 15 is 0 Å². The number of hydrogen-bond acceptors (Lipinski definition) is 5. The van der Waals surface area contributed by atoms with Gasteiger partial charge in [-0.15, -0.1) is 0 Å². The van der Waals surface area contributed by atoms with E-state index in [9.17, 15) is 19.8 Å². The molecule has 484 valence electrons. The van der Waals surface area contributed by atoms with Crippen LogP contribution >= 0.6 is 0 Å². The Morgan fingerprint density at radius 3 is 0.939 bits per heavy atom. The van der Waals surface area contributed by atoms with Gasteiger partial charge in [-0.25, -0.2) is 0 Å². The molecule has 1 amide bonds. The number of nitrogens with one attached hydrogen (secondary N) is 1. The van der Waals surface area contributed by atoms with Crippen LogP contribution in [0.2, 0.25) is 0 Å². The maximum atomic E-state index is 12.5. The van der Waals surface area contributed by atoms with Crippen molar-refractivity contribution in [2.75, 3.05) is 13.2 Å². The van der Waals surface area contributed by atoms with Gasteiger partial charge in [0.25, 0.3) is 0 Å². The number of hydrogen-bond donors (Lipinski definition) is 3. The first-order chi connectivity index (χ1) is 40.5. The van der Waals surface area contributed by atoms with Crippen molar-refractivity contribution in [3.8, 4) is 0 Å². The van der Waals surface area contributed by atoms with Crippen molar-refractivity contribution in [3.63, 3.8) is 0 Å². The Bertz CT molecular complexity index is 1330. The van der Waals surface area contributed by atoms with Gasteiger partial charge in [0.2, 0.25) is 5.91 Å². The van der Waals surface area contributed by atoms with Gasteiger partial charge in [0.05, 0.1) is 25.4 Å². The van der Waals surface area contributed by atoms with Crippen molar-refractivity contribution in [1.29, 1.82) is 0 Å². The molecule has 82 heavy (non-hydrogen) atoms. The molecule has 6 heteroatoms. The van der Waals surface area contributed by atoms with E-state index in [0.717, 1.165) is 51.4 Å². The standard InChI is InChI=1S/C76H145NO5/c1-3-5-7-9-11-13-15-17-19-21-23-24-27-30-33-36-40-44-48-52-56-60-64-68-74(79)73(72-78)77-75(80)69-65-61-57-53-49-45-41-37-34-31-28-25-26-29-32-35-39-43-47-51-55-59-63-67-71-82-76(81)70-66-62-58-54-50-46-42-38-22-20-18-16-14-12-10-8-6-4-2/h14,16,20,22,64,68,73-74,78-79H,3-13,15,17-19,21,23-63,65-67,69-72H2,1-2H3,(H,77,80)/b16-14-,22-20-,68-64+. The van der Waals surface area contributed by atoms with Crippen LogP contribution in [-0.4, -0.2) is 47.4 Å². The number of aliphatic hydroxyl groups is 2. The van der Waals surface area contributed by atoms with Crippen LogP contribution in [0.1, 0.15) is 412 Å². The molecule has 0 aliphatic heterocycles. The molecule has 0 saturated carbocycles. The molecular formula is C76H145NO5. The van der Waals surface area contributed by atoms with E-state index in [1.165, 1.54) is 334 Å². The number of unbranched alkanes of at least 4 members (excludes halogenated alkanes) is 55. The maximum absolute atomic E-state index is 12.5. The number of aliphatic hydroxyl groups excluding tert-OH is 2. The minimum atomic E-state index is -0.846. The first-order valence-electron chi connectivity index (χ1n) is 37.3. The summed E-state index contributed by atoms with van der Waals surface area (Å²) in [5.41, 5.74) is 0. The number of amides is 1. The lowest BCUT2D eigenvalue weighted by molar-refractivity contribution is -0.143. The lowest BCUT2D eigenvalue weighted by atomic mass is 10.0. The molecule has 2 atom stereocenters. The Kier molecular flexibility index (Phi) is 69.9. The highest BCUT2D eigenvalue weighted by molar-refractivity contribution is 5.76. The molecule has 0 aliphatic rings. The smallest absolute Gasteiger partial charge is 0.305 e. The van der Waals surface area contributed by atoms with E-state index < -0.39 is 12.1 Å². The molecule has 0 bridgehead atoms. The SMILES string of the molecule is CCCCCC/C=C\C/C=C\CCCCCCCCCC(=O)OCCCCCCCCCCCCCCCCCCCCCCCCCCC(=O)NC(CO)C(O)/C=C/CCCCCCCCCCCCCCCCCCCCCCC. The Balaban J connectivity index is 3.39. The number of allylic oxidation sites excluding steroid dienone is 5. The molecule has 0 aliphatic carbocycles. The number of esters is 1. The van der Waals surface area contributed by atoms with Crippen molar-refractivity contribution in [2.45, 2.75) is 424 Å². The third kappa shape index (κ3) is 67.2. The third-order valence-electron chi connectivity index (χ3n) is 17.4. The summed E-state index contributed by atoms with van der Waals surface area (Å²) in [6, 6.07) is -0.629. The summed E-state index contributed by atoms with van der Waals surface area (Å²) >= 11 is 0. The van der Waals surface area contributed by atoms with Crippen LogP contribution in [0, 0.1) is 0 Å². The van der Waals surface area contributed by atoms with Crippen molar-refractivity contribution in [2.24, 2.45) is 0 Å². The topological polar surface area (TPSA) is 95.9 Å². The molecule has 0 spiro atoms. The Morgan fingerprint density at radius 1 is 0.341 bits per heavy atom. The van der Waals surface area contributed by atoms with E-state index in [1.54, 1.807) is 6.08 Å². The third-order valence-corrected chi connectivity index (χ3v) is 17.4. The zero-order valence-electron chi connectivity index (χ0n) is 55.5. The zero-order chi connectivity index (χ0) is 59.2. The molecule has 0 radical (unpaired) electrons. The highest BCUT2D eigenvalue weighted by Crippen LogP contribution is 2.19. The Morgan fingerprint density at radius 2 is 0.610 bits per heavy atom. The predicted molar refractivity (Wildman–Crippen MR) is 361 cm³/mol. The van der Waals surface area contributed by atoms with Crippen molar-refractivity contribution in [1.82, 2.24) is 5.32 Å². The lowest BCUT2D eigenvalue weighted by Gasteiger charge is -2.20. The van der Waals surface area contributed by atoms with Crippen LogP contribution in [0.5, 0.6) is 0 Å². The fourth-order valence-corrected chi connectivity index (χ4v) is 11.7. The molecular weight excluding hydrogens is 1010 g/mol. The molecule has 0 saturated heterocycles. The fourth-order valence-electron chi connectivity index (χ4n) is 11.7. The average Bonchev–Trinajstić information content (AvgIpc) is 3.48. The lowest BCUT2D eigenvalue weighted by Crippen LogP contribution is -2.45. The largest absolute Gasteiger partial charge is 0.466 e. The summed E-state index contributed by atoms with van der Waals surface area (Å²) in [4.78, 5) is 24.7. The summed E-state index contributed by atoms with van der Waals surface area (Å²) in [6.45, 7) is 4.93. The van der Waals surface area contributed by atoms with Gasteiger partial charge in [-0.2, -0.15) is 0 Å². The minimum absolute atomic E-state index is 0.00841. The number of carbonyl (C=O) groups is 2. The monoisotopic (exact) mass is 1150 g/mol. The molecule has 2 unspecified atom stereocenters. The van der Waals surface area contributed by atoms with Gasteiger partial charge in [0.15, 0.2) is 0 Å². The molecule has 0 aromatic rings. The van der Waals surface area contributed by atoms with Gasteiger partial charge in [0, 0.05) is 12.8 Å². The highest BCUT2D eigenvalue weighted by atomic mass is 16.5. The normalized spacial score (nSPS) is 12.7. The minimum Gasteiger partial charge on any atom is -0.466 e. The van der Waals surface area contributed by atoms with E-state index in [2.05, 4.69) is 43.5 Å². The van der Waals surface area contributed by atoms with E-state index in [0.29, 0.717) is 19.4 Å². The van der Waals surface area contributed by atoms with Crippen molar-refractivity contribution >= 4 is 11.9 Å². The number of carbonyl (C=O) groups excluding carboxylic acids is 2. The second kappa shape index (κ2) is 71.6. The first kappa shape index (κ1) is 80.1. The molecule has 0 rings (SSSR count). The Labute approximate surface area is 513 Å². The van der Waals surface area contributed by atoms with E-state index in [-0.39, 0.29) is 18.5 Å².